The Balaban J connectivity index is 1.52. The van der Waals surface area contributed by atoms with E-state index in [0.717, 1.165) is 19.5 Å². The summed E-state index contributed by atoms with van der Waals surface area (Å²) in [6.07, 6.45) is 3.08. The fourth-order valence-electron chi connectivity index (χ4n) is 2.84. The van der Waals surface area contributed by atoms with Crippen LogP contribution >= 0.6 is 0 Å². The van der Waals surface area contributed by atoms with E-state index in [1.165, 1.54) is 23.3 Å². The quantitative estimate of drug-likeness (QED) is 0.671. The van der Waals surface area contributed by atoms with E-state index >= 15 is 0 Å². The third kappa shape index (κ3) is 4.51. The second-order valence-electron chi connectivity index (χ2n) is 5.93. The maximum Gasteiger partial charge on any atom is 0.269 e. The topological polar surface area (TPSA) is 75.5 Å². The van der Waals surface area contributed by atoms with Crippen molar-refractivity contribution in [3.63, 3.8) is 0 Å². The van der Waals surface area contributed by atoms with E-state index in [9.17, 15) is 14.9 Å². The van der Waals surface area contributed by atoms with E-state index in [2.05, 4.69) is 28.4 Å². The van der Waals surface area contributed by atoms with Crippen LogP contribution < -0.4 is 5.32 Å². The number of anilines is 1. The van der Waals surface area contributed by atoms with Crippen LogP contribution in [-0.4, -0.2) is 35.4 Å². The molecule has 1 aliphatic heterocycles. The maximum atomic E-state index is 12.1. The summed E-state index contributed by atoms with van der Waals surface area (Å²) in [5.74, 6) is -0.120. The van der Waals surface area contributed by atoms with Gasteiger partial charge in [0.2, 0.25) is 5.91 Å². The van der Waals surface area contributed by atoms with Crippen molar-refractivity contribution in [3.8, 4) is 0 Å². The SMILES string of the molecule is O=C(CN1CC=C(c2ccccc2)CC1)Nc1ccc([N+](=O)[O-])cc1. The Morgan fingerprint density at radius 1 is 1.12 bits per heavy atom. The number of amides is 1. The van der Waals surface area contributed by atoms with Crippen molar-refractivity contribution in [1.82, 2.24) is 4.90 Å². The Kier molecular flexibility index (Phi) is 5.20. The predicted octanol–water partition coefficient (Wildman–Crippen LogP) is 3.32. The van der Waals surface area contributed by atoms with Crippen molar-refractivity contribution in [1.29, 1.82) is 0 Å². The Bertz CT molecular complexity index is 785. The molecule has 2 aromatic rings. The van der Waals surface area contributed by atoms with E-state index in [-0.39, 0.29) is 11.6 Å². The highest BCUT2D eigenvalue weighted by atomic mass is 16.6. The summed E-state index contributed by atoms with van der Waals surface area (Å²) in [4.78, 5) is 24.4. The molecule has 0 saturated heterocycles. The molecule has 6 heteroatoms. The number of benzene rings is 2. The van der Waals surface area contributed by atoms with E-state index < -0.39 is 4.92 Å². The van der Waals surface area contributed by atoms with Crippen molar-refractivity contribution in [2.24, 2.45) is 0 Å². The molecule has 0 spiro atoms. The van der Waals surface area contributed by atoms with Crippen molar-refractivity contribution >= 4 is 22.9 Å². The molecular weight excluding hydrogens is 318 g/mol. The van der Waals surface area contributed by atoms with Crippen LogP contribution in [0.4, 0.5) is 11.4 Å². The lowest BCUT2D eigenvalue weighted by molar-refractivity contribution is -0.384. The molecule has 1 N–H and O–H groups in total. The first-order valence-corrected chi connectivity index (χ1v) is 8.13. The monoisotopic (exact) mass is 337 g/mol. The van der Waals surface area contributed by atoms with E-state index in [1.807, 2.05) is 18.2 Å². The standard InChI is InChI=1S/C19H19N3O3/c23-19(20-17-6-8-18(9-7-17)22(24)25)14-21-12-10-16(11-13-21)15-4-2-1-3-5-15/h1-10H,11-14H2,(H,20,23). The molecule has 0 fully saturated rings. The van der Waals surface area contributed by atoms with Crippen LogP contribution in [0.15, 0.2) is 60.7 Å². The fourth-order valence-corrected chi connectivity index (χ4v) is 2.84. The summed E-state index contributed by atoms with van der Waals surface area (Å²) in [6.45, 7) is 1.86. The van der Waals surface area contributed by atoms with Crippen LogP contribution in [0.3, 0.4) is 0 Å². The summed E-state index contributed by atoms with van der Waals surface area (Å²) < 4.78 is 0. The Morgan fingerprint density at radius 2 is 1.84 bits per heavy atom. The normalized spacial score (nSPS) is 14.6. The molecule has 0 unspecified atom stereocenters. The molecule has 0 saturated carbocycles. The van der Waals surface area contributed by atoms with Gasteiger partial charge in [-0.05, 0) is 29.7 Å². The number of non-ortho nitro benzene ring substituents is 1. The Hall–Kier alpha value is -2.99. The molecule has 0 bridgehead atoms. The minimum Gasteiger partial charge on any atom is -0.325 e. The summed E-state index contributed by atoms with van der Waals surface area (Å²) >= 11 is 0. The summed E-state index contributed by atoms with van der Waals surface area (Å²) in [7, 11) is 0. The largest absolute Gasteiger partial charge is 0.325 e. The highest BCUT2D eigenvalue weighted by Gasteiger charge is 2.16. The Labute approximate surface area is 145 Å². The molecule has 3 rings (SSSR count). The number of hydrogen-bond donors (Lipinski definition) is 1. The lowest BCUT2D eigenvalue weighted by atomic mass is 10.00. The van der Waals surface area contributed by atoms with Crippen LogP contribution in [0.25, 0.3) is 5.57 Å². The fraction of sp³-hybridized carbons (Fsp3) is 0.211. The van der Waals surface area contributed by atoms with Crippen LogP contribution in [-0.2, 0) is 4.79 Å². The van der Waals surface area contributed by atoms with Crippen LogP contribution in [0.5, 0.6) is 0 Å². The van der Waals surface area contributed by atoms with E-state index in [1.54, 1.807) is 12.1 Å². The van der Waals surface area contributed by atoms with Crippen molar-refractivity contribution < 1.29 is 9.72 Å². The van der Waals surface area contributed by atoms with Gasteiger partial charge in [-0.2, -0.15) is 0 Å². The molecule has 6 nitrogen and oxygen atoms in total. The van der Waals surface area contributed by atoms with Gasteiger partial charge in [0, 0.05) is 30.9 Å². The molecule has 2 aromatic carbocycles. The molecule has 0 aromatic heterocycles. The molecule has 25 heavy (non-hydrogen) atoms. The molecule has 0 aliphatic carbocycles. The molecule has 1 aliphatic rings. The smallest absolute Gasteiger partial charge is 0.269 e. The number of nitrogens with zero attached hydrogens (tertiary/aromatic N) is 2. The zero-order valence-electron chi connectivity index (χ0n) is 13.7. The van der Waals surface area contributed by atoms with Gasteiger partial charge in [-0.1, -0.05) is 36.4 Å². The highest BCUT2D eigenvalue weighted by molar-refractivity contribution is 5.92. The second-order valence-corrected chi connectivity index (χ2v) is 5.93. The van der Waals surface area contributed by atoms with Gasteiger partial charge in [0.25, 0.3) is 5.69 Å². The maximum absolute atomic E-state index is 12.1. The van der Waals surface area contributed by atoms with Crippen molar-refractivity contribution in [2.45, 2.75) is 6.42 Å². The molecule has 1 heterocycles. The number of nitro benzene ring substituents is 1. The van der Waals surface area contributed by atoms with Gasteiger partial charge in [0.05, 0.1) is 11.5 Å². The summed E-state index contributed by atoms with van der Waals surface area (Å²) in [5, 5.41) is 13.4. The minimum atomic E-state index is -0.462. The molecule has 128 valence electrons. The zero-order valence-corrected chi connectivity index (χ0v) is 13.7. The highest BCUT2D eigenvalue weighted by Crippen LogP contribution is 2.22. The van der Waals surface area contributed by atoms with E-state index in [4.69, 9.17) is 0 Å². The third-order valence-corrected chi connectivity index (χ3v) is 4.17. The van der Waals surface area contributed by atoms with Gasteiger partial charge in [-0.25, -0.2) is 0 Å². The lowest BCUT2D eigenvalue weighted by Crippen LogP contribution is -2.36. The number of carbonyl (C=O) groups is 1. The van der Waals surface area contributed by atoms with Gasteiger partial charge in [-0.3, -0.25) is 19.8 Å². The molecule has 1 amide bonds. The van der Waals surface area contributed by atoms with Crippen LogP contribution in [0, 0.1) is 10.1 Å². The zero-order chi connectivity index (χ0) is 17.6. The number of hydrogen-bond acceptors (Lipinski definition) is 4. The number of carbonyl (C=O) groups excluding carboxylic acids is 1. The average Bonchev–Trinajstić information content (AvgIpc) is 2.63. The van der Waals surface area contributed by atoms with Gasteiger partial charge < -0.3 is 5.32 Å². The first kappa shape index (κ1) is 16.9. The first-order chi connectivity index (χ1) is 12.1. The van der Waals surface area contributed by atoms with Gasteiger partial charge in [-0.15, -0.1) is 0 Å². The number of nitrogens with one attached hydrogen (secondary N) is 1. The average molecular weight is 337 g/mol. The van der Waals surface area contributed by atoms with Crippen molar-refractivity contribution in [3.05, 3.63) is 76.4 Å². The minimum absolute atomic E-state index is 0.00704. The Morgan fingerprint density at radius 3 is 2.44 bits per heavy atom. The van der Waals surface area contributed by atoms with Gasteiger partial charge in [0.15, 0.2) is 0 Å². The van der Waals surface area contributed by atoms with Crippen LogP contribution in [0.2, 0.25) is 0 Å². The molecular formula is C19H19N3O3. The second kappa shape index (κ2) is 7.72. The summed E-state index contributed by atoms with van der Waals surface area (Å²) in [5.41, 5.74) is 3.12. The molecule has 0 atom stereocenters. The predicted molar refractivity (Wildman–Crippen MR) is 97.2 cm³/mol. The molecule has 0 radical (unpaired) electrons. The van der Waals surface area contributed by atoms with Crippen molar-refractivity contribution in [2.75, 3.05) is 25.0 Å². The number of rotatable bonds is 5. The third-order valence-electron chi connectivity index (χ3n) is 4.17. The van der Waals surface area contributed by atoms with Crippen LogP contribution in [0.1, 0.15) is 12.0 Å². The van der Waals surface area contributed by atoms with E-state index in [0.29, 0.717) is 12.2 Å². The number of nitro groups is 1. The van der Waals surface area contributed by atoms with Gasteiger partial charge in [0.1, 0.15) is 0 Å². The lowest BCUT2D eigenvalue weighted by Gasteiger charge is -2.25. The summed E-state index contributed by atoms with van der Waals surface area (Å²) in [6, 6.07) is 16.1. The first-order valence-electron chi connectivity index (χ1n) is 8.13. The van der Waals surface area contributed by atoms with Gasteiger partial charge >= 0.3 is 0 Å².